The first-order valence-corrected chi connectivity index (χ1v) is 23.7. The molecule has 0 rings (SSSR count). The van der Waals surface area contributed by atoms with Gasteiger partial charge in [0, 0.05) is 6.42 Å². The third-order valence-electron chi connectivity index (χ3n) is 10.9. The van der Waals surface area contributed by atoms with Gasteiger partial charge in [-0.05, 0) is 51.4 Å². The second kappa shape index (κ2) is 45.0. The van der Waals surface area contributed by atoms with Crippen LogP contribution in [0.4, 0.5) is 0 Å². The van der Waals surface area contributed by atoms with Crippen molar-refractivity contribution in [2.24, 2.45) is 0 Å². The van der Waals surface area contributed by atoms with Gasteiger partial charge in [-0.3, -0.25) is 4.79 Å². The van der Waals surface area contributed by atoms with Gasteiger partial charge in [-0.2, -0.15) is 0 Å². The van der Waals surface area contributed by atoms with Crippen molar-refractivity contribution in [3.63, 3.8) is 0 Å². The minimum Gasteiger partial charge on any atom is -0.394 e. The van der Waals surface area contributed by atoms with Gasteiger partial charge in [0.2, 0.25) is 5.91 Å². The Morgan fingerprint density at radius 1 is 0.453 bits per heavy atom. The van der Waals surface area contributed by atoms with E-state index in [4.69, 9.17) is 0 Å². The van der Waals surface area contributed by atoms with E-state index in [1.165, 1.54) is 180 Å². The van der Waals surface area contributed by atoms with Gasteiger partial charge < -0.3 is 15.5 Å². The second-order valence-corrected chi connectivity index (χ2v) is 16.2. The first-order chi connectivity index (χ1) is 26.2. The lowest BCUT2D eigenvalue weighted by Crippen LogP contribution is -2.45. The number of amides is 1. The number of carbonyl (C=O) groups is 1. The largest absolute Gasteiger partial charge is 0.394 e. The molecule has 0 fully saturated rings. The minimum atomic E-state index is -0.652. The molecule has 2 atom stereocenters. The second-order valence-electron chi connectivity index (χ2n) is 16.2. The Morgan fingerprint density at radius 3 is 1.15 bits per heavy atom. The molecule has 0 radical (unpaired) electrons. The van der Waals surface area contributed by atoms with Gasteiger partial charge in [-0.15, -0.1) is 0 Å². The SMILES string of the molecule is CCCCCCC/C=C\C/C=C\C/C=C\CCCCCCCCCCCCCCCCCCCCCCCCC(=O)NC(CO)C(O)CCCCCC. The van der Waals surface area contributed by atoms with Crippen LogP contribution < -0.4 is 5.32 Å². The molecule has 4 nitrogen and oxygen atoms in total. The monoisotopic (exact) mass is 744 g/mol. The Labute approximate surface area is 331 Å². The zero-order chi connectivity index (χ0) is 38.6. The lowest BCUT2D eigenvalue weighted by atomic mass is 10.0. The van der Waals surface area contributed by atoms with Gasteiger partial charge in [0.25, 0.3) is 0 Å². The summed E-state index contributed by atoms with van der Waals surface area (Å²) in [5.41, 5.74) is 0. The van der Waals surface area contributed by atoms with E-state index in [-0.39, 0.29) is 12.5 Å². The Morgan fingerprint density at radius 2 is 0.774 bits per heavy atom. The number of hydrogen-bond donors (Lipinski definition) is 3. The zero-order valence-corrected chi connectivity index (χ0v) is 35.8. The first kappa shape index (κ1) is 51.6. The van der Waals surface area contributed by atoms with Crippen molar-refractivity contribution in [1.29, 1.82) is 0 Å². The van der Waals surface area contributed by atoms with Crippen LogP contribution in [0.2, 0.25) is 0 Å². The number of rotatable bonds is 43. The van der Waals surface area contributed by atoms with Crippen LogP contribution in [0.1, 0.15) is 251 Å². The average Bonchev–Trinajstić information content (AvgIpc) is 3.16. The molecule has 0 spiro atoms. The van der Waals surface area contributed by atoms with Crippen molar-refractivity contribution in [1.82, 2.24) is 5.32 Å². The Bertz CT molecular complexity index is 806. The number of nitrogens with one attached hydrogen (secondary N) is 1. The number of carbonyl (C=O) groups excluding carboxylic acids is 1. The molecule has 0 heterocycles. The van der Waals surface area contributed by atoms with Crippen molar-refractivity contribution < 1.29 is 15.0 Å². The Hall–Kier alpha value is -1.39. The molecule has 1 amide bonds. The van der Waals surface area contributed by atoms with E-state index in [0.29, 0.717) is 12.8 Å². The van der Waals surface area contributed by atoms with Crippen LogP contribution in [-0.2, 0) is 4.79 Å². The predicted molar refractivity (Wildman–Crippen MR) is 235 cm³/mol. The molecule has 0 aromatic heterocycles. The van der Waals surface area contributed by atoms with Crippen LogP contribution in [-0.4, -0.2) is 34.9 Å². The van der Waals surface area contributed by atoms with E-state index in [1.807, 2.05) is 0 Å². The highest BCUT2D eigenvalue weighted by Crippen LogP contribution is 2.16. The van der Waals surface area contributed by atoms with Crippen molar-refractivity contribution in [3.05, 3.63) is 36.5 Å². The van der Waals surface area contributed by atoms with Gasteiger partial charge in [-0.1, -0.05) is 230 Å². The molecule has 312 valence electrons. The van der Waals surface area contributed by atoms with Gasteiger partial charge >= 0.3 is 0 Å². The third kappa shape index (κ3) is 41.6. The van der Waals surface area contributed by atoms with Crippen LogP contribution in [0, 0.1) is 0 Å². The summed E-state index contributed by atoms with van der Waals surface area (Å²) in [6.07, 6.45) is 60.2. The van der Waals surface area contributed by atoms with E-state index in [0.717, 1.165) is 44.9 Å². The van der Waals surface area contributed by atoms with Crippen molar-refractivity contribution >= 4 is 5.91 Å². The molecule has 0 aliphatic heterocycles. The first-order valence-electron chi connectivity index (χ1n) is 23.7. The Balaban J connectivity index is 3.31. The van der Waals surface area contributed by atoms with Gasteiger partial charge in [-0.25, -0.2) is 0 Å². The van der Waals surface area contributed by atoms with E-state index >= 15 is 0 Å². The van der Waals surface area contributed by atoms with Crippen molar-refractivity contribution in [3.8, 4) is 0 Å². The van der Waals surface area contributed by atoms with Crippen LogP contribution in [0.3, 0.4) is 0 Å². The summed E-state index contributed by atoms with van der Waals surface area (Å²) in [5.74, 6) is -0.0378. The maximum atomic E-state index is 12.2. The van der Waals surface area contributed by atoms with Gasteiger partial charge in [0.1, 0.15) is 0 Å². The molecule has 0 saturated heterocycles. The fraction of sp³-hybridized carbons (Fsp3) is 0.857. The number of aliphatic hydroxyl groups is 2. The molecule has 53 heavy (non-hydrogen) atoms. The molecule has 0 aliphatic rings. The summed E-state index contributed by atoms with van der Waals surface area (Å²) >= 11 is 0. The molecule has 0 aromatic rings. The number of hydrogen-bond acceptors (Lipinski definition) is 3. The lowest BCUT2D eigenvalue weighted by Gasteiger charge is -2.22. The van der Waals surface area contributed by atoms with Gasteiger partial charge in [0.05, 0.1) is 18.8 Å². The average molecular weight is 744 g/mol. The molecule has 0 bridgehead atoms. The predicted octanol–water partition coefficient (Wildman–Crippen LogP) is 15.0. The van der Waals surface area contributed by atoms with E-state index in [2.05, 4.69) is 55.6 Å². The molecule has 2 unspecified atom stereocenters. The highest BCUT2D eigenvalue weighted by atomic mass is 16.3. The number of allylic oxidation sites excluding steroid dienone is 6. The normalized spacial score (nSPS) is 13.2. The minimum absolute atomic E-state index is 0.0378. The summed E-state index contributed by atoms with van der Waals surface area (Å²) in [6.45, 7) is 4.25. The highest BCUT2D eigenvalue weighted by molar-refractivity contribution is 5.76. The Kier molecular flexibility index (Phi) is 43.8. The fourth-order valence-corrected chi connectivity index (χ4v) is 7.25. The quantitative estimate of drug-likeness (QED) is 0.0430. The maximum absolute atomic E-state index is 12.2. The van der Waals surface area contributed by atoms with Crippen LogP contribution in [0.5, 0.6) is 0 Å². The summed E-state index contributed by atoms with van der Waals surface area (Å²) in [5, 5.41) is 22.7. The summed E-state index contributed by atoms with van der Waals surface area (Å²) in [4.78, 5) is 12.2. The van der Waals surface area contributed by atoms with E-state index in [9.17, 15) is 15.0 Å². The standard InChI is InChI=1S/C49H93NO3/c1-3-5-7-9-10-11-12-13-14-15-16-17-18-19-20-21-22-23-24-25-26-27-28-29-30-31-32-33-34-35-36-37-38-39-40-41-43-45-49(53)50-47(46-51)48(52)44-42-8-6-4-2/h12-13,15-16,18-19,47-48,51-52H,3-11,14,17,20-46H2,1-2H3,(H,50,53)/b13-12-,16-15-,19-18-. The zero-order valence-electron chi connectivity index (χ0n) is 35.8. The topological polar surface area (TPSA) is 69.6 Å². The number of unbranched alkanes of at least 4 members (excludes halogenated alkanes) is 30. The maximum Gasteiger partial charge on any atom is 0.220 e. The molecule has 0 aliphatic carbocycles. The van der Waals surface area contributed by atoms with Crippen molar-refractivity contribution in [2.45, 2.75) is 264 Å². The summed E-state index contributed by atoms with van der Waals surface area (Å²) < 4.78 is 0. The molecule has 3 N–H and O–H groups in total. The highest BCUT2D eigenvalue weighted by Gasteiger charge is 2.19. The van der Waals surface area contributed by atoms with Crippen LogP contribution in [0.15, 0.2) is 36.5 Å². The smallest absolute Gasteiger partial charge is 0.220 e. The summed E-state index contributed by atoms with van der Waals surface area (Å²) in [7, 11) is 0. The van der Waals surface area contributed by atoms with E-state index < -0.39 is 12.1 Å². The summed E-state index contributed by atoms with van der Waals surface area (Å²) in [6, 6.07) is -0.529. The number of aliphatic hydroxyl groups excluding tert-OH is 2. The third-order valence-corrected chi connectivity index (χ3v) is 10.9. The molecule has 0 aromatic carbocycles. The lowest BCUT2D eigenvalue weighted by molar-refractivity contribution is -0.123. The molecule has 4 heteroatoms. The fourth-order valence-electron chi connectivity index (χ4n) is 7.25. The molecule has 0 saturated carbocycles. The van der Waals surface area contributed by atoms with E-state index in [1.54, 1.807) is 0 Å². The molecular formula is C49H93NO3. The van der Waals surface area contributed by atoms with Crippen LogP contribution >= 0.6 is 0 Å². The molecular weight excluding hydrogens is 651 g/mol. The van der Waals surface area contributed by atoms with Crippen LogP contribution in [0.25, 0.3) is 0 Å². The van der Waals surface area contributed by atoms with Crippen molar-refractivity contribution in [2.75, 3.05) is 6.61 Å². The van der Waals surface area contributed by atoms with Gasteiger partial charge in [0.15, 0.2) is 0 Å².